The van der Waals surface area contributed by atoms with Gasteiger partial charge in [0.1, 0.15) is 0 Å². The molecule has 3 heterocycles. The highest BCUT2D eigenvalue weighted by atomic mass is 35.5. The molecule has 1 atom stereocenters. The Morgan fingerprint density at radius 1 is 1.22 bits per heavy atom. The summed E-state index contributed by atoms with van der Waals surface area (Å²) in [5, 5.41) is 0.700. The van der Waals surface area contributed by atoms with Gasteiger partial charge >= 0.3 is 0 Å². The van der Waals surface area contributed by atoms with Crippen molar-refractivity contribution < 1.29 is 19.1 Å². The third-order valence-electron chi connectivity index (χ3n) is 5.77. The van der Waals surface area contributed by atoms with E-state index in [1.807, 2.05) is 29.2 Å². The minimum atomic E-state index is -0.481. The van der Waals surface area contributed by atoms with Crippen LogP contribution in [0.25, 0.3) is 0 Å². The Labute approximate surface area is 164 Å². The van der Waals surface area contributed by atoms with E-state index in [1.165, 1.54) is 0 Å². The first-order valence-corrected chi connectivity index (χ1v) is 10.0. The summed E-state index contributed by atoms with van der Waals surface area (Å²) in [7, 11) is 0. The molecule has 2 amide bonds. The highest BCUT2D eigenvalue weighted by molar-refractivity contribution is 6.30. The molecule has 0 aliphatic carbocycles. The minimum Gasteiger partial charge on any atom is -0.347 e. The zero-order valence-corrected chi connectivity index (χ0v) is 16.1. The number of likely N-dealkylation sites (tertiary alicyclic amines) is 2. The van der Waals surface area contributed by atoms with Gasteiger partial charge in [0.05, 0.1) is 19.1 Å². The lowest BCUT2D eigenvalue weighted by Gasteiger charge is -2.38. The van der Waals surface area contributed by atoms with Crippen LogP contribution in [-0.4, -0.2) is 66.8 Å². The number of amides is 2. The normalized spacial score (nSPS) is 24.8. The second-order valence-electron chi connectivity index (χ2n) is 7.55. The number of carbonyl (C=O) groups is 2. The molecule has 0 bridgehead atoms. The predicted molar refractivity (Wildman–Crippen MR) is 100 cm³/mol. The lowest BCUT2D eigenvalue weighted by atomic mass is 10.0. The third-order valence-corrected chi connectivity index (χ3v) is 6.01. The Kier molecular flexibility index (Phi) is 5.39. The Hall–Kier alpha value is -1.63. The molecule has 1 spiro atoms. The molecule has 1 aromatic rings. The maximum Gasteiger partial charge on any atom is 0.228 e. The lowest BCUT2D eigenvalue weighted by Crippen LogP contribution is -2.49. The molecule has 0 saturated carbocycles. The number of rotatable bonds is 4. The number of halogens is 1. The number of hydrogen-bond acceptors (Lipinski definition) is 4. The average Bonchev–Trinajstić information content (AvgIpc) is 3.27. The van der Waals surface area contributed by atoms with Crippen LogP contribution in [0.5, 0.6) is 0 Å². The quantitative estimate of drug-likeness (QED) is 0.787. The van der Waals surface area contributed by atoms with Gasteiger partial charge in [-0.15, -0.1) is 0 Å². The van der Waals surface area contributed by atoms with E-state index in [9.17, 15) is 9.59 Å². The molecule has 0 aromatic heterocycles. The van der Waals surface area contributed by atoms with Crippen molar-refractivity contribution in [3.8, 4) is 0 Å². The second-order valence-corrected chi connectivity index (χ2v) is 7.99. The number of hydrogen-bond donors (Lipinski definition) is 0. The molecule has 0 radical (unpaired) electrons. The van der Waals surface area contributed by atoms with E-state index in [0.29, 0.717) is 63.7 Å². The molecule has 3 aliphatic rings. The van der Waals surface area contributed by atoms with Gasteiger partial charge in [0.2, 0.25) is 11.8 Å². The average molecular weight is 393 g/mol. The fourth-order valence-electron chi connectivity index (χ4n) is 4.22. The van der Waals surface area contributed by atoms with Crippen molar-refractivity contribution in [1.82, 2.24) is 9.80 Å². The Morgan fingerprint density at radius 2 is 1.96 bits per heavy atom. The molecular formula is C20H25ClN2O4. The Bertz CT molecular complexity index is 710. The van der Waals surface area contributed by atoms with E-state index < -0.39 is 5.79 Å². The molecule has 0 N–H and O–H groups in total. The standard InChI is InChI=1S/C20H25ClN2O4/c21-17-3-1-2-15(12-17)4-7-23-14-16(13-18(23)24)19(25)22-8-5-20(6-9-22)26-10-11-27-20/h1-3,12,16H,4-11,13-14H2. The summed E-state index contributed by atoms with van der Waals surface area (Å²) >= 11 is 6.02. The van der Waals surface area contributed by atoms with Gasteiger partial charge in [-0.2, -0.15) is 0 Å². The van der Waals surface area contributed by atoms with Gasteiger partial charge in [-0.05, 0) is 24.1 Å². The summed E-state index contributed by atoms with van der Waals surface area (Å²) < 4.78 is 11.4. The van der Waals surface area contributed by atoms with E-state index in [-0.39, 0.29) is 17.7 Å². The molecule has 3 saturated heterocycles. The van der Waals surface area contributed by atoms with Crippen LogP contribution >= 0.6 is 11.6 Å². The van der Waals surface area contributed by atoms with E-state index in [1.54, 1.807) is 4.90 Å². The minimum absolute atomic E-state index is 0.0614. The van der Waals surface area contributed by atoms with E-state index in [4.69, 9.17) is 21.1 Å². The van der Waals surface area contributed by atoms with Gasteiger partial charge in [0.15, 0.2) is 5.79 Å². The first kappa shape index (κ1) is 18.7. The zero-order valence-electron chi connectivity index (χ0n) is 15.4. The van der Waals surface area contributed by atoms with Crippen molar-refractivity contribution in [3.63, 3.8) is 0 Å². The monoisotopic (exact) mass is 392 g/mol. The topological polar surface area (TPSA) is 59.1 Å². The van der Waals surface area contributed by atoms with Gasteiger partial charge in [0.25, 0.3) is 0 Å². The summed E-state index contributed by atoms with van der Waals surface area (Å²) in [5.74, 6) is -0.574. The highest BCUT2D eigenvalue weighted by Crippen LogP contribution is 2.32. The van der Waals surface area contributed by atoms with Gasteiger partial charge in [-0.25, -0.2) is 0 Å². The van der Waals surface area contributed by atoms with Gasteiger partial charge in [-0.1, -0.05) is 23.7 Å². The summed E-state index contributed by atoms with van der Waals surface area (Å²) in [6.07, 6.45) is 2.47. The molecule has 7 heteroatoms. The molecule has 4 rings (SSSR count). The SMILES string of the molecule is O=C1CC(C(=O)N2CCC3(CC2)OCCO3)CN1CCc1cccc(Cl)c1. The summed E-state index contributed by atoms with van der Waals surface area (Å²) in [6.45, 7) is 3.65. The molecule has 1 aromatic carbocycles. The first-order valence-electron chi connectivity index (χ1n) is 9.64. The van der Waals surface area contributed by atoms with Crippen LogP contribution in [-0.2, 0) is 25.5 Å². The predicted octanol–water partition coefficient (Wildman–Crippen LogP) is 2.10. The number of carbonyl (C=O) groups excluding carboxylic acids is 2. The van der Waals surface area contributed by atoms with Crippen molar-refractivity contribution in [3.05, 3.63) is 34.9 Å². The number of nitrogens with zero attached hydrogens (tertiary/aromatic N) is 2. The molecule has 27 heavy (non-hydrogen) atoms. The van der Waals surface area contributed by atoms with Gasteiger partial charge < -0.3 is 19.3 Å². The largest absolute Gasteiger partial charge is 0.347 e. The van der Waals surface area contributed by atoms with Crippen LogP contribution in [0.3, 0.4) is 0 Å². The van der Waals surface area contributed by atoms with E-state index >= 15 is 0 Å². The molecule has 3 fully saturated rings. The smallest absolute Gasteiger partial charge is 0.228 e. The number of benzene rings is 1. The van der Waals surface area contributed by atoms with E-state index in [0.717, 1.165) is 12.0 Å². The fourth-order valence-corrected chi connectivity index (χ4v) is 4.43. The molecule has 3 aliphatic heterocycles. The summed E-state index contributed by atoms with van der Waals surface area (Å²) in [4.78, 5) is 28.9. The Balaban J connectivity index is 1.29. The van der Waals surface area contributed by atoms with Crippen LogP contribution in [0.2, 0.25) is 5.02 Å². The zero-order chi connectivity index (χ0) is 18.9. The van der Waals surface area contributed by atoms with Crippen LogP contribution < -0.4 is 0 Å². The fraction of sp³-hybridized carbons (Fsp3) is 0.600. The van der Waals surface area contributed by atoms with Crippen molar-refractivity contribution in [2.45, 2.75) is 31.5 Å². The summed E-state index contributed by atoms with van der Waals surface area (Å²) in [6, 6.07) is 7.68. The van der Waals surface area contributed by atoms with Crippen LogP contribution in [0, 0.1) is 5.92 Å². The number of ether oxygens (including phenoxy) is 2. The third kappa shape index (κ3) is 4.13. The van der Waals surface area contributed by atoms with Crippen molar-refractivity contribution >= 4 is 23.4 Å². The van der Waals surface area contributed by atoms with Crippen LogP contribution in [0.4, 0.5) is 0 Å². The first-order chi connectivity index (χ1) is 13.0. The Morgan fingerprint density at radius 3 is 2.67 bits per heavy atom. The summed E-state index contributed by atoms with van der Waals surface area (Å²) in [5.41, 5.74) is 1.10. The van der Waals surface area contributed by atoms with Crippen LogP contribution in [0.1, 0.15) is 24.8 Å². The van der Waals surface area contributed by atoms with E-state index in [2.05, 4.69) is 0 Å². The molecule has 6 nitrogen and oxygen atoms in total. The molecular weight excluding hydrogens is 368 g/mol. The molecule has 1 unspecified atom stereocenters. The maximum absolute atomic E-state index is 12.9. The van der Waals surface area contributed by atoms with Crippen molar-refractivity contribution in [2.75, 3.05) is 39.4 Å². The number of piperidine rings is 1. The van der Waals surface area contributed by atoms with Crippen LogP contribution in [0.15, 0.2) is 24.3 Å². The lowest BCUT2D eigenvalue weighted by molar-refractivity contribution is -0.188. The van der Waals surface area contributed by atoms with Crippen molar-refractivity contribution in [1.29, 1.82) is 0 Å². The maximum atomic E-state index is 12.9. The van der Waals surface area contributed by atoms with Gasteiger partial charge in [0, 0.05) is 50.5 Å². The second kappa shape index (κ2) is 7.78. The van der Waals surface area contributed by atoms with Crippen molar-refractivity contribution in [2.24, 2.45) is 5.92 Å². The highest BCUT2D eigenvalue weighted by Gasteiger charge is 2.43. The molecule has 146 valence electrons. The van der Waals surface area contributed by atoms with Gasteiger partial charge in [-0.3, -0.25) is 9.59 Å².